The van der Waals surface area contributed by atoms with Crippen LogP contribution in [0.3, 0.4) is 0 Å². The molecule has 17 heavy (non-hydrogen) atoms. The standard InChI is InChI=1S/C14H20O3/c1-11-3-5-12(6-4-11)13(15)7-8-14-16-9-2-10-17-14/h3-6,13-15H,2,7-10H2,1H3/t13-/m1/s1. The van der Waals surface area contributed by atoms with E-state index in [9.17, 15) is 5.11 Å². The molecule has 3 heteroatoms. The Balaban J connectivity index is 1.80. The minimum Gasteiger partial charge on any atom is -0.388 e. The summed E-state index contributed by atoms with van der Waals surface area (Å²) in [7, 11) is 0. The van der Waals surface area contributed by atoms with Gasteiger partial charge in [-0.25, -0.2) is 0 Å². The highest BCUT2D eigenvalue weighted by Crippen LogP contribution is 2.21. The number of ether oxygens (including phenoxy) is 2. The maximum absolute atomic E-state index is 10.0. The van der Waals surface area contributed by atoms with Crippen LogP contribution in [-0.4, -0.2) is 24.6 Å². The maximum Gasteiger partial charge on any atom is 0.157 e. The zero-order chi connectivity index (χ0) is 12.1. The van der Waals surface area contributed by atoms with Crippen LogP contribution in [0.2, 0.25) is 0 Å². The van der Waals surface area contributed by atoms with Crippen molar-refractivity contribution in [3.05, 3.63) is 35.4 Å². The van der Waals surface area contributed by atoms with E-state index < -0.39 is 6.10 Å². The molecule has 1 aromatic carbocycles. The largest absolute Gasteiger partial charge is 0.388 e. The summed E-state index contributed by atoms with van der Waals surface area (Å²) in [5.74, 6) is 0. The van der Waals surface area contributed by atoms with Crippen molar-refractivity contribution in [2.45, 2.75) is 38.6 Å². The average molecular weight is 236 g/mol. The maximum atomic E-state index is 10.0. The molecule has 1 heterocycles. The Morgan fingerprint density at radius 2 is 1.88 bits per heavy atom. The van der Waals surface area contributed by atoms with Gasteiger partial charge in [0.1, 0.15) is 0 Å². The van der Waals surface area contributed by atoms with Crippen molar-refractivity contribution in [2.24, 2.45) is 0 Å². The third kappa shape index (κ3) is 3.80. The summed E-state index contributed by atoms with van der Waals surface area (Å²) in [5.41, 5.74) is 2.17. The normalized spacial score (nSPS) is 19.2. The first kappa shape index (κ1) is 12.6. The molecular formula is C14H20O3. The van der Waals surface area contributed by atoms with Crippen LogP contribution in [0.4, 0.5) is 0 Å². The van der Waals surface area contributed by atoms with Gasteiger partial charge < -0.3 is 14.6 Å². The molecule has 1 atom stereocenters. The molecule has 0 spiro atoms. The molecule has 0 bridgehead atoms. The van der Waals surface area contributed by atoms with Crippen LogP contribution in [0.1, 0.15) is 36.5 Å². The summed E-state index contributed by atoms with van der Waals surface area (Å²) in [4.78, 5) is 0. The molecule has 2 rings (SSSR count). The Morgan fingerprint density at radius 3 is 2.53 bits per heavy atom. The Bertz CT molecular complexity index is 328. The molecule has 1 N–H and O–H groups in total. The van der Waals surface area contributed by atoms with Crippen LogP contribution in [0.15, 0.2) is 24.3 Å². The van der Waals surface area contributed by atoms with E-state index in [4.69, 9.17) is 9.47 Å². The second kappa shape index (κ2) is 6.15. The highest BCUT2D eigenvalue weighted by Gasteiger charge is 2.16. The van der Waals surface area contributed by atoms with Crippen LogP contribution < -0.4 is 0 Å². The Labute approximate surface area is 102 Å². The van der Waals surface area contributed by atoms with Crippen molar-refractivity contribution in [1.29, 1.82) is 0 Å². The number of aliphatic hydroxyl groups excluding tert-OH is 1. The molecule has 0 unspecified atom stereocenters. The second-order valence-corrected chi connectivity index (χ2v) is 4.53. The molecule has 3 nitrogen and oxygen atoms in total. The second-order valence-electron chi connectivity index (χ2n) is 4.53. The SMILES string of the molecule is Cc1ccc([C@H](O)CCC2OCCCO2)cc1. The minimum atomic E-state index is -0.426. The first-order valence-corrected chi connectivity index (χ1v) is 6.23. The molecule has 1 aromatic rings. The van der Waals surface area contributed by atoms with Gasteiger partial charge >= 0.3 is 0 Å². The van der Waals surface area contributed by atoms with Gasteiger partial charge in [0, 0.05) is 6.42 Å². The van der Waals surface area contributed by atoms with Crippen LogP contribution in [0.5, 0.6) is 0 Å². The van der Waals surface area contributed by atoms with E-state index >= 15 is 0 Å². The number of aryl methyl sites for hydroxylation is 1. The lowest BCUT2D eigenvalue weighted by Gasteiger charge is -2.24. The number of hydrogen-bond acceptors (Lipinski definition) is 3. The molecule has 1 fully saturated rings. The summed E-state index contributed by atoms with van der Waals surface area (Å²) >= 11 is 0. The van der Waals surface area contributed by atoms with Gasteiger partial charge in [-0.05, 0) is 25.3 Å². The van der Waals surface area contributed by atoms with E-state index in [0.29, 0.717) is 6.42 Å². The van der Waals surface area contributed by atoms with Gasteiger partial charge in [0.25, 0.3) is 0 Å². The molecule has 0 saturated carbocycles. The first-order chi connectivity index (χ1) is 8.25. The predicted octanol–water partition coefficient (Wildman–Crippen LogP) is 2.57. The highest BCUT2D eigenvalue weighted by molar-refractivity contribution is 5.22. The van der Waals surface area contributed by atoms with Crippen molar-refractivity contribution in [2.75, 3.05) is 13.2 Å². The van der Waals surface area contributed by atoms with E-state index in [-0.39, 0.29) is 6.29 Å². The third-order valence-electron chi connectivity index (χ3n) is 3.03. The smallest absolute Gasteiger partial charge is 0.157 e. The molecule has 1 aliphatic rings. The molecular weight excluding hydrogens is 216 g/mol. The molecule has 1 saturated heterocycles. The number of hydrogen-bond donors (Lipinski definition) is 1. The predicted molar refractivity (Wildman–Crippen MR) is 65.7 cm³/mol. The zero-order valence-corrected chi connectivity index (χ0v) is 10.3. The molecule has 0 radical (unpaired) electrons. The van der Waals surface area contributed by atoms with Gasteiger partial charge in [0.15, 0.2) is 6.29 Å². The number of rotatable bonds is 4. The topological polar surface area (TPSA) is 38.7 Å². The lowest BCUT2D eigenvalue weighted by Crippen LogP contribution is -2.25. The van der Waals surface area contributed by atoms with Crippen molar-refractivity contribution >= 4 is 0 Å². The Kier molecular flexibility index (Phi) is 4.54. The highest BCUT2D eigenvalue weighted by atomic mass is 16.7. The van der Waals surface area contributed by atoms with Crippen LogP contribution in [-0.2, 0) is 9.47 Å². The van der Waals surface area contributed by atoms with Gasteiger partial charge in [-0.15, -0.1) is 0 Å². The zero-order valence-electron chi connectivity index (χ0n) is 10.3. The van der Waals surface area contributed by atoms with E-state index in [1.807, 2.05) is 31.2 Å². The average Bonchev–Trinajstić information content (AvgIpc) is 2.38. The number of aliphatic hydroxyl groups is 1. The van der Waals surface area contributed by atoms with E-state index in [1.165, 1.54) is 5.56 Å². The van der Waals surface area contributed by atoms with Crippen LogP contribution in [0.25, 0.3) is 0 Å². The van der Waals surface area contributed by atoms with Crippen LogP contribution >= 0.6 is 0 Å². The van der Waals surface area contributed by atoms with Crippen molar-refractivity contribution in [3.63, 3.8) is 0 Å². The Hall–Kier alpha value is -0.900. The summed E-state index contributed by atoms with van der Waals surface area (Å²) in [6, 6.07) is 7.99. The van der Waals surface area contributed by atoms with Gasteiger partial charge in [-0.3, -0.25) is 0 Å². The molecule has 94 valence electrons. The fraction of sp³-hybridized carbons (Fsp3) is 0.571. The summed E-state index contributed by atoms with van der Waals surface area (Å²) < 4.78 is 10.9. The monoisotopic (exact) mass is 236 g/mol. The summed E-state index contributed by atoms with van der Waals surface area (Å²) in [5, 5.41) is 10.0. The third-order valence-corrected chi connectivity index (χ3v) is 3.03. The van der Waals surface area contributed by atoms with Crippen molar-refractivity contribution in [3.8, 4) is 0 Å². The fourth-order valence-electron chi connectivity index (χ4n) is 1.95. The fourth-order valence-corrected chi connectivity index (χ4v) is 1.95. The number of benzene rings is 1. The van der Waals surface area contributed by atoms with Crippen molar-refractivity contribution in [1.82, 2.24) is 0 Å². The van der Waals surface area contributed by atoms with E-state index in [1.54, 1.807) is 0 Å². The minimum absolute atomic E-state index is 0.135. The quantitative estimate of drug-likeness (QED) is 0.873. The molecule has 0 aliphatic carbocycles. The van der Waals surface area contributed by atoms with E-state index in [2.05, 4.69) is 0 Å². The lowest BCUT2D eigenvalue weighted by molar-refractivity contribution is -0.183. The summed E-state index contributed by atoms with van der Waals surface area (Å²) in [6.45, 7) is 3.58. The molecule has 1 aliphatic heterocycles. The van der Waals surface area contributed by atoms with Gasteiger partial charge in [0.05, 0.1) is 19.3 Å². The Morgan fingerprint density at radius 1 is 1.24 bits per heavy atom. The van der Waals surface area contributed by atoms with Crippen LogP contribution in [0, 0.1) is 6.92 Å². The molecule has 0 amide bonds. The summed E-state index contributed by atoms with van der Waals surface area (Å²) in [6.07, 6.45) is 1.83. The molecule has 0 aromatic heterocycles. The van der Waals surface area contributed by atoms with Gasteiger partial charge in [-0.2, -0.15) is 0 Å². The van der Waals surface area contributed by atoms with Crippen molar-refractivity contribution < 1.29 is 14.6 Å². The van der Waals surface area contributed by atoms with Gasteiger partial charge in [0.2, 0.25) is 0 Å². The van der Waals surface area contributed by atoms with Gasteiger partial charge in [-0.1, -0.05) is 29.8 Å². The van der Waals surface area contributed by atoms with E-state index in [0.717, 1.165) is 31.6 Å². The first-order valence-electron chi connectivity index (χ1n) is 6.23. The lowest BCUT2D eigenvalue weighted by atomic mass is 10.0.